The number of hydrogen-bond acceptors (Lipinski definition) is 3. The fraction of sp³-hybridized carbons (Fsp3) is 0.667. The second-order valence-electron chi connectivity index (χ2n) is 3.78. The third-order valence-electron chi connectivity index (χ3n) is 2.29. The lowest BCUT2D eigenvalue weighted by Gasteiger charge is -2.11. The minimum Gasteiger partial charge on any atom is -0.381 e. The van der Waals surface area contributed by atoms with Crippen molar-refractivity contribution >= 4 is 27.3 Å². The molecule has 0 spiro atoms. The van der Waals surface area contributed by atoms with E-state index in [4.69, 9.17) is 4.74 Å². The van der Waals surface area contributed by atoms with Crippen molar-refractivity contribution in [3.63, 3.8) is 0 Å². The van der Waals surface area contributed by atoms with E-state index in [0.29, 0.717) is 6.04 Å². The van der Waals surface area contributed by atoms with Crippen molar-refractivity contribution in [3.05, 3.63) is 20.8 Å². The third kappa shape index (κ3) is 5.43. The summed E-state index contributed by atoms with van der Waals surface area (Å²) >= 11 is 5.27. The maximum absolute atomic E-state index is 5.43. The molecule has 0 amide bonds. The molecule has 1 rings (SSSR count). The Balaban J connectivity index is 2.09. The van der Waals surface area contributed by atoms with Crippen molar-refractivity contribution in [1.82, 2.24) is 5.32 Å². The summed E-state index contributed by atoms with van der Waals surface area (Å²) in [6, 6.07) is 4.70. The van der Waals surface area contributed by atoms with E-state index < -0.39 is 0 Å². The molecule has 16 heavy (non-hydrogen) atoms. The van der Waals surface area contributed by atoms with Crippen LogP contribution in [0.2, 0.25) is 0 Å². The highest BCUT2D eigenvalue weighted by Gasteiger charge is 2.06. The molecule has 4 heteroatoms. The van der Waals surface area contributed by atoms with Crippen molar-refractivity contribution in [3.8, 4) is 0 Å². The predicted octanol–water partition coefficient (Wildman–Crippen LogP) is 3.98. The Morgan fingerprint density at radius 3 is 2.88 bits per heavy atom. The molecule has 1 atom stereocenters. The molecule has 0 aromatic carbocycles. The van der Waals surface area contributed by atoms with Gasteiger partial charge in [-0.3, -0.25) is 0 Å². The van der Waals surface area contributed by atoms with Crippen LogP contribution in [0, 0.1) is 0 Å². The molecule has 0 aliphatic heterocycles. The molecule has 1 N–H and O–H groups in total. The van der Waals surface area contributed by atoms with Gasteiger partial charge in [-0.05, 0) is 54.4 Å². The Labute approximate surface area is 111 Å². The van der Waals surface area contributed by atoms with Crippen LogP contribution < -0.4 is 5.32 Å². The number of thiophene rings is 1. The number of ether oxygens (including phenoxy) is 1. The lowest BCUT2D eigenvalue weighted by Crippen LogP contribution is -2.20. The van der Waals surface area contributed by atoms with Crippen LogP contribution in [0.5, 0.6) is 0 Å². The van der Waals surface area contributed by atoms with E-state index in [1.165, 1.54) is 8.66 Å². The van der Waals surface area contributed by atoms with E-state index in [1.54, 1.807) is 11.3 Å². The summed E-state index contributed by atoms with van der Waals surface area (Å²) in [7, 11) is 0. The molecule has 0 aliphatic rings. The number of rotatable bonds is 8. The molecule has 1 aromatic heterocycles. The molecular weight excluding hydrogens is 286 g/mol. The Kier molecular flexibility index (Phi) is 7.28. The van der Waals surface area contributed by atoms with Crippen molar-refractivity contribution in [2.24, 2.45) is 0 Å². The Morgan fingerprint density at radius 2 is 2.25 bits per heavy atom. The van der Waals surface area contributed by atoms with E-state index in [9.17, 15) is 0 Å². The fourth-order valence-electron chi connectivity index (χ4n) is 1.40. The topological polar surface area (TPSA) is 21.3 Å². The lowest BCUT2D eigenvalue weighted by molar-refractivity contribution is 0.132. The lowest BCUT2D eigenvalue weighted by atomic mass is 10.2. The molecule has 0 fully saturated rings. The zero-order valence-electron chi connectivity index (χ0n) is 9.96. The van der Waals surface area contributed by atoms with Crippen molar-refractivity contribution in [2.45, 2.75) is 32.7 Å². The number of nitrogens with one attached hydrogen (secondary N) is 1. The molecule has 1 aromatic rings. The maximum Gasteiger partial charge on any atom is 0.0701 e. The molecule has 0 aliphatic carbocycles. The first-order valence-corrected chi connectivity index (χ1v) is 7.41. The van der Waals surface area contributed by atoms with E-state index >= 15 is 0 Å². The van der Waals surface area contributed by atoms with Gasteiger partial charge in [0, 0.05) is 24.1 Å². The van der Waals surface area contributed by atoms with Gasteiger partial charge in [0.2, 0.25) is 0 Å². The zero-order chi connectivity index (χ0) is 11.8. The molecule has 1 unspecified atom stereocenters. The van der Waals surface area contributed by atoms with Crippen molar-refractivity contribution in [2.75, 3.05) is 19.8 Å². The largest absolute Gasteiger partial charge is 0.381 e. The van der Waals surface area contributed by atoms with Crippen LogP contribution in [-0.4, -0.2) is 19.8 Å². The van der Waals surface area contributed by atoms with E-state index in [1.807, 2.05) is 0 Å². The molecule has 0 bridgehead atoms. The maximum atomic E-state index is 5.43. The molecular formula is C12H20BrNOS. The van der Waals surface area contributed by atoms with Gasteiger partial charge in [0.05, 0.1) is 3.79 Å². The van der Waals surface area contributed by atoms with Crippen LogP contribution in [0.25, 0.3) is 0 Å². The predicted molar refractivity (Wildman–Crippen MR) is 74.2 cm³/mol. The quantitative estimate of drug-likeness (QED) is 0.734. The SMILES string of the molecule is CCCOCCCNC(C)c1ccc(Br)s1. The average molecular weight is 306 g/mol. The first kappa shape index (κ1) is 14.2. The highest BCUT2D eigenvalue weighted by atomic mass is 79.9. The Bertz CT molecular complexity index is 290. The van der Waals surface area contributed by atoms with E-state index in [-0.39, 0.29) is 0 Å². The summed E-state index contributed by atoms with van der Waals surface area (Å²) in [6.07, 6.45) is 2.18. The smallest absolute Gasteiger partial charge is 0.0701 e. The van der Waals surface area contributed by atoms with Gasteiger partial charge in [0.1, 0.15) is 0 Å². The molecule has 0 radical (unpaired) electrons. The van der Waals surface area contributed by atoms with Gasteiger partial charge in [0.15, 0.2) is 0 Å². The molecule has 0 saturated heterocycles. The standard InChI is InChI=1S/C12H20BrNOS/c1-3-8-15-9-4-7-14-10(2)11-5-6-12(13)16-11/h5-6,10,14H,3-4,7-9H2,1-2H3. The van der Waals surface area contributed by atoms with Gasteiger partial charge in [-0.15, -0.1) is 11.3 Å². The van der Waals surface area contributed by atoms with E-state index in [0.717, 1.165) is 32.6 Å². The monoisotopic (exact) mass is 305 g/mol. The summed E-state index contributed by atoms with van der Waals surface area (Å²) in [4.78, 5) is 1.38. The van der Waals surface area contributed by atoms with Gasteiger partial charge in [-0.1, -0.05) is 6.92 Å². The minimum atomic E-state index is 0.433. The van der Waals surface area contributed by atoms with Crippen LogP contribution in [0.1, 0.15) is 37.6 Å². The second-order valence-corrected chi connectivity index (χ2v) is 6.28. The minimum absolute atomic E-state index is 0.433. The van der Waals surface area contributed by atoms with Crippen molar-refractivity contribution < 1.29 is 4.74 Å². The molecule has 0 saturated carbocycles. The van der Waals surface area contributed by atoms with Gasteiger partial charge in [-0.2, -0.15) is 0 Å². The fourth-order valence-corrected chi connectivity index (χ4v) is 2.85. The average Bonchev–Trinajstić information content (AvgIpc) is 2.70. The van der Waals surface area contributed by atoms with Gasteiger partial charge in [0.25, 0.3) is 0 Å². The summed E-state index contributed by atoms with van der Waals surface area (Å²) < 4.78 is 6.63. The molecule has 2 nitrogen and oxygen atoms in total. The molecule has 92 valence electrons. The Morgan fingerprint density at radius 1 is 1.44 bits per heavy atom. The number of halogens is 1. The van der Waals surface area contributed by atoms with E-state index in [2.05, 4.69) is 47.2 Å². The first-order valence-electron chi connectivity index (χ1n) is 5.80. The van der Waals surface area contributed by atoms with Crippen molar-refractivity contribution in [1.29, 1.82) is 0 Å². The summed E-state index contributed by atoms with van der Waals surface area (Å²) in [5, 5.41) is 3.50. The van der Waals surface area contributed by atoms with Crippen LogP contribution >= 0.6 is 27.3 Å². The Hall–Kier alpha value is 0.1000. The van der Waals surface area contributed by atoms with Crippen LogP contribution in [0.15, 0.2) is 15.9 Å². The first-order chi connectivity index (χ1) is 7.74. The summed E-state index contributed by atoms with van der Waals surface area (Å²) in [5.41, 5.74) is 0. The molecule has 1 heterocycles. The normalized spacial score (nSPS) is 12.9. The van der Waals surface area contributed by atoms with Gasteiger partial charge < -0.3 is 10.1 Å². The van der Waals surface area contributed by atoms with Crippen LogP contribution in [0.4, 0.5) is 0 Å². The summed E-state index contributed by atoms with van der Waals surface area (Å²) in [6.45, 7) is 7.09. The second kappa shape index (κ2) is 8.23. The van der Waals surface area contributed by atoms with Crippen LogP contribution in [-0.2, 0) is 4.74 Å². The third-order valence-corrected chi connectivity index (χ3v) is 4.09. The summed E-state index contributed by atoms with van der Waals surface area (Å²) in [5.74, 6) is 0. The highest BCUT2D eigenvalue weighted by molar-refractivity contribution is 9.11. The zero-order valence-corrected chi connectivity index (χ0v) is 12.4. The van der Waals surface area contributed by atoms with Gasteiger partial charge in [-0.25, -0.2) is 0 Å². The van der Waals surface area contributed by atoms with Gasteiger partial charge >= 0.3 is 0 Å². The highest BCUT2D eigenvalue weighted by Crippen LogP contribution is 2.26. The number of hydrogen-bond donors (Lipinski definition) is 1. The van der Waals surface area contributed by atoms with Crippen LogP contribution in [0.3, 0.4) is 0 Å².